The predicted octanol–water partition coefficient (Wildman–Crippen LogP) is 5.36. The van der Waals surface area contributed by atoms with Crippen LogP contribution >= 0.6 is 31.9 Å². The Labute approximate surface area is 173 Å². The molecule has 1 aliphatic heterocycles. The van der Waals surface area contributed by atoms with Crippen molar-refractivity contribution in [3.8, 4) is 5.75 Å². The minimum Gasteiger partial charge on any atom is -0.492 e. The summed E-state index contributed by atoms with van der Waals surface area (Å²) in [6.07, 6.45) is 2.37. The molecular formula is C21H26Br2N2O. The Kier molecular flexibility index (Phi) is 7.55. The van der Waals surface area contributed by atoms with Crippen molar-refractivity contribution in [3.05, 3.63) is 62.5 Å². The van der Waals surface area contributed by atoms with Gasteiger partial charge < -0.3 is 10.1 Å². The highest BCUT2D eigenvalue weighted by molar-refractivity contribution is 9.11. The van der Waals surface area contributed by atoms with Gasteiger partial charge in [0.05, 0.1) is 11.1 Å². The van der Waals surface area contributed by atoms with Gasteiger partial charge in [0, 0.05) is 29.2 Å². The maximum Gasteiger partial charge on any atom is 0.138 e. The van der Waals surface area contributed by atoms with Gasteiger partial charge in [-0.15, -0.1) is 0 Å². The summed E-state index contributed by atoms with van der Waals surface area (Å²) >= 11 is 7.20. The first-order valence-electron chi connectivity index (χ1n) is 9.26. The van der Waals surface area contributed by atoms with E-state index < -0.39 is 0 Å². The van der Waals surface area contributed by atoms with E-state index in [0.29, 0.717) is 12.6 Å². The number of piperidine rings is 1. The number of hydrogen-bond donors (Lipinski definition) is 1. The summed E-state index contributed by atoms with van der Waals surface area (Å²) in [4.78, 5) is 2.55. The van der Waals surface area contributed by atoms with Crippen molar-refractivity contribution in [2.45, 2.75) is 38.9 Å². The van der Waals surface area contributed by atoms with Crippen molar-refractivity contribution in [3.63, 3.8) is 0 Å². The molecule has 0 bridgehead atoms. The molecule has 26 heavy (non-hydrogen) atoms. The Morgan fingerprint density at radius 3 is 2.54 bits per heavy atom. The number of nitrogens with zero attached hydrogens (tertiary/aromatic N) is 1. The third kappa shape index (κ3) is 5.56. The zero-order valence-electron chi connectivity index (χ0n) is 15.2. The van der Waals surface area contributed by atoms with Crippen LogP contribution in [0.25, 0.3) is 0 Å². The summed E-state index contributed by atoms with van der Waals surface area (Å²) in [6.45, 7) is 6.87. The molecule has 5 heteroatoms. The Balaban J connectivity index is 1.51. The van der Waals surface area contributed by atoms with Crippen LogP contribution in [0.4, 0.5) is 0 Å². The smallest absolute Gasteiger partial charge is 0.138 e. The largest absolute Gasteiger partial charge is 0.492 e. The number of rotatable bonds is 7. The lowest BCUT2D eigenvalue weighted by atomic mass is 10.0. The zero-order valence-corrected chi connectivity index (χ0v) is 18.4. The van der Waals surface area contributed by atoms with Crippen LogP contribution in [0.2, 0.25) is 0 Å². The number of hydrogen-bond acceptors (Lipinski definition) is 3. The van der Waals surface area contributed by atoms with Crippen LogP contribution in [0.5, 0.6) is 5.75 Å². The Morgan fingerprint density at radius 1 is 1.12 bits per heavy atom. The molecule has 2 aromatic rings. The summed E-state index contributed by atoms with van der Waals surface area (Å²) in [5, 5.41) is 3.73. The molecule has 0 unspecified atom stereocenters. The van der Waals surface area contributed by atoms with E-state index in [1.54, 1.807) is 0 Å². The van der Waals surface area contributed by atoms with Gasteiger partial charge in [-0.3, -0.25) is 4.90 Å². The second-order valence-electron chi connectivity index (χ2n) is 6.73. The Bertz CT molecular complexity index is 701. The predicted molar refractivity (Wildman–Crippen MR) is 115 cm³/mol. The molecule has 1 aliphatic rings. The monoisotopic (exact) mass is 480 g/mol. The molecule has 0 atom stereocenters. The molecule has 1 fully saturated rings. The topological polar surface area (TPSA) is 24.5 Å². The van der Waals surface area contributed by atoms with Crippen LogP contribution in [0.1, 0.15) is 30.9 Å². The van der Waals surface area contributed by atoms with Gasteiger partial charge in [0.25, 0.3) is 0 Å². The number of benzene rings is 2. The van der Waals surface area contributed by atoms with Gasteiger partial charge in [-0.25, -0.2) is 0 Å². The molecule has 0 radical (unpaired) electrons. The molecule has 0 aromatic heterocycles. The molecule has 140 valence electrons. The fourth-order valence-electron chi connectivity index (χ4n) is 3.44. The summed E-state index contributed by atoms with van der Waals surface area (Å²) in [5.74, 6) is 0.949. The van der Waals surface area contributed by atoms with Crippen LogP contribution in [0, 0.1) is 0 Å². The number of likely N-dealkylation sites (tertiary alicyclic amines) is 1. The Hall–Kier alpha value is -0.880. The van der Waals surface area contributed by atoms with E-state index >= 15 is 0 Å². The van der Waals surface area contributed by atoms with Gasteiger partial charge in [0.15, 0.2) is 0 Å². The SMILES string of the molecule is CCOc1c(Br)cc(Br)cc1CNC1CCN(Cc2ccccc2)CC1. The van der Waals surface area contributed by atoms with Gasteiger partial charge in [0.1, 0.15) is 5.75 Å². The molecule has 3 nitrogen and oxygen atoms in total. The number of nitrogens with one attached hydrogen (secondary N) is 1. The van der Waals surface area contributed by atoms with Gasteiger partial charge in [0.2, 0.25) is 0 Å². The molecule has 0 saturated carbocycles. The third-order valence-electron chi connectivity index (χ3n) is 4.79. The van der Waals surface area contributed by atoms with E-state index in [2.05, 4.69) is 78.5 Å². The van der Waals surface area contributed by atoms with E-state index in [-0.39, 0.29) is 0 Å². The average Bonchev–Trinajstić information content (AvgIpc) is 2.64. The summed E-state index contributed by atoms with van der Waals surface area (Å²) < 4.78 is 7.90. The molecule has 0 spiro atoms. The normalized spacial score (nSPS) is 16.0. The maximum absolute atomic E-state index is 5.83. The van der Waals surface area contributed by atoms with E-state index in [1.807, 2.05) is 13.0 Å². The number of halogens is 2. The van der Waals surface area contributed by atoms with Crippen LogP contribution < -0.4 is 10.1 Å². The average molecular weight is 482 g/mol. The first-order chi connectivity index (χ1) is 12.7. The molecule has 1 heterocycles. The van der Waals surface area contributed by atoms with Gasteiger partial charge in [-0.2, -0.15) is 0 Å². The first kappa shape index (κ1) is 19.9. The minimum atomic E-state index is 0.564. The fraction of sp³-hybridized carbons (Fsp3) is 0.429. The van der Waals surface area contributed by atoms with Gasteiger partial charge in [-0.05, 0) is 66.5 Å². The van der Waals surface area contributed by atoms with E-state index in [4.69, 9.17) is 4.74 Å². The summed E-state index contributed by atoms with van der Waals surface area (Å²) in [5.41, 5.74) is 2.60. The zero-order chi connectivity index (χ0) is 18.4. The molecule has 1 N–H and O–H groups in total. The highest BCUT2D eigenvalue weighted by Gasteiger charge is 2.19. The summed E-state index contributed by atoms with van der Waals surface area (Å²) in [7, 11) is 0. The van der Waals surface area contributed by atoms with Crippen LogP contribution in [0.15, 0.2) is 51.4 Å². The van der Waals surface area contributed by atoms with Crippen molar-refractivity contribution >= 4 is 31.9 Å². The molecule has 3 rings (SSSR count). The lowest BCUT2D eigenvalue weighted by Gasteiger charge is -2.32. The lowest BCUT2D eigenvalue weighted by molar-refractivity contribution is 0.190. The number of ether oxygens (including phenoxy) is 1. The van der Waals surface area contributed by atoms with Crippen molar-refractivity contribution < 1.29 is 4.74 Å². The van der Waals surface area contributed by atoms with Crippen molar-refractivity contribution in [2.24, 2.45) is 0 Å². The van der Waals surface area contributed by atoms with Crippen molar-refractivity contribution in [1.29, 1.82) is 0 Å². The molecule has 0 amide bonds. The fourth-order valence-corrected chi connectivity index (χ4v) is 4.87. The van der Waals surface area contributed by atoms with Crippen LogP contribution in [-0.4, -0.2) is 30.6 Å². The van der Waals surface area contributed by atoms with Crippen molar-refractivity contribution in [1.82, 2.24) is 10.2 Å². The second-order valence-corrected chi connectivity index (χ2v) is 8.50. The minimum absolute atomic E-state index is 0.564. The molecule has 0 aliphatic carbocycles. The van der Waals surface area contributed by atoms with Crippen LogP contribution in [0.3, 0.4) is 0 Å². The molecule has 2 aromatic carbocycles. The standard InChI is InChI=1S/C21H26Br2N2O/c1-2-26-21-17(12-18(22)13-20(21)23)14-24-19-8-10-25(11-9-19)15-16-6-4-3-5-7-16/h3-7,12-13,19,24H,2,8-11,14-15H2,1H3. The third-order valence-corrected chi connectivity index (χ3v) is 5.84. The first-order valence-corrected chi connectivity index (χ1v) is 10.8. The maximum atomic E-state index is 5.83. The molecule has 1 saturated heterocycles. The van der Waals surface area contributed by atoms with Crippen LogP contribution in [-0.2, 0) is 13.1 Å². The van der Waals surface area contributed by atoms with E-state index in [1.165, 1.54) is 24.0 Å². The Morgan fingerprint density at radius 2 is 1.85 bits per heavy atom. The quantitative estimate of drug-likeness (QED) is 0.575. The second kappa shape index (κ2) is 9.88. The molecular weight excluding hydrogens is 456 g/mol. The lowest BCUT2D eigenvalue weighted by Crippen LogP contribution is -2.41. The van der Waals surface area contributed by atoms with Gasteiger partial charge in [-0.1, -0.05) is 46.3 Å². The highest BCUT2D eigenvalue weighted by Crippen LogP contribution is 2.33. The van der Waals surface area contributed by atoms with Crippen molar-refractivity contribution in [2.75, 3.05) is 19.7 Å². The van der Waals surface area contributed by atoms with E-state index in [9.17, 15) is 0 Å². The summed E-state index contributed by atoms with van der Waals surface area (Å²) in [6, 6.07) is 15.5. The highest BCUT2D eigenvalue weighted by atomic mass is 79.9. The van der Waals surface area contributed by atoms with E-state index in [0.717, 1.165) is 40.9 Å². The van der Waals surface area contributed by atoms with Gasteiger partial charge >= 0.3 is 0 Å².